The van der Waals surface area contributed by atoms with Gasteiger partial charge >= 0.3 is 5.97 Å². The van der Waals surface area contributed by atoms with E-state index in [0.29, 0.717) is 19.4 Å². The molecular formula is C12H17N3O4. The molecule has 2 N–H and O–H groups in total. The van der Waals surface area contributed by atoms with Crippen LogP contribution < -0.4 is 5.32 Å². The third kappa shape index (κ3) is 3.78. The molecule has 1 fully saturated rings. The first-order valence-corrected chi connectivity index (χ1v) is 6.28. The molecule has 2 rings (SSSR count). The predicted molar refractivity (Wildman–Crippen MR) is 65.4 cm³/mol. The highest BCUT2D eigenvalue weighted by Gasteiger charge is 2.34. The monoisotopic (exact) mass is 267 g/mol. The molecule has 1 amide bonds. The first kappa shape index (κ1) is 13.5. The van der Waals surface area contributed by atoms with Gasteiger partial charge in [0.1, 0.15) is 6.10 Å². The maximum absolute atomic E-state index is 11.7. The van der Waals surface area contributed by atoms with E-state index in [-0.39, 0.29) is 5.91 Å². The van der Waals surface area contributed by atoms with Crippen molar-refractivity contribution >= 4 is 11.9 Å². The average molecular weight is 267 g/mol. The summed E-state index contributed by atoms with van der Waals surface area (Å²) >= 11 is 0. The second-order valence-electron chi connectivity index (χ2n) is 4.47. The number of aryl methyl sites for hydroxylation is 1. The van der Waals surface area contributed by atoms with Gasteiger partial charge in [-0.15, -0.1) is 0 Å². The number of hydrogen-bond acceptors (Lipinski definition) is 4. The number of hydrogen-bond donors (Lipinski definition) is 2. The molecule has 1 saturated heterocycles. The highest BCUT2D eigenvalue weighted by Crippen LogP contribution is 2.19. The van der Waals surface area contributed by atoms with Gasteiger partial charge in [0, 0.05) is 25.5 Å². The topological polar surface area (TPSA) is 93.4 Å². The number of carboxylic acid groups (broad SMARTS) is 1. The van der Waals surface area contributed by atoms with Gasteiger partial charge in [0.15, 0.2) is 6.10 Å². The van der Waals surface area contributed by atoms with Crippen LogP contribution in [0, 0.1) is 0 Å². The molecule has 2 unspecified atom stereocenters. The molecule has 19 heavy (non-hydrogen) atoms. The second kappa shape index (κ2) is 6.33. The van der Waals surface area contributed by atoms with Crippen molar-refractivity contribution in [1.82, 2.24) is 14.9 Å². The number of carbonyl (C=O) groups excluding carboxylic acids is 1. The van der Waals surface area contributed by atoms with E-state index in [0.717, 1.165) is 13.0 Å². The summed E-state index contributed by atoms with van der Waals surface area (Å²) in [5.41, 5.74) is 0. The first-order valence-electron chi connectivity index (χ1n) is 6.28. The lowest BCUT2D eigenvalue weighted by molar-refractivity contribution is -0.151. The molecule has 1 aromatic rings. The van der Waals surface area contributed by atoms with E-state index >= 15 is 0 Å². The molecule has 0 saturated carbocycles. The number of aromatic nitrogens is 2. The van der Waals surface area contributed by atoms with E-state index in [1.165, 1.54) is 0 Å². The maximum atomic E-state index is 11.7. The summed E-state index contributed by atoms with van der Waals surface area (Å²) in [5.74, 6) is -1.23. The van der Waals surface area contributed by atoms with Crippen molar-refractivity contribution in [1.29, 1.82) is 0 Å². The van der Waals surface area contributed by atoms with Crippen molar-refractivity contribution in [2.75, 3.05) is 6.54 Å². The lowest BCUT2D eigenvalue weighted by Crippen LogP contribution is -2.36. The van der Waals surface area contributed by atoms with Crippen molar-refractivity contribution in [2.24, 2.45) is 0 Å². The molecule has 0 spiro atoms. The molecule has 2 atom stereocenters. The zero-order valence-electron chi connectivity index (χ0n) is 10.5. The van der Waals surface area contributed by atoms with Gasteiger partial charge in [-0.1, -0.05) is 0 Å². The Bertz CT molecular complexity index is 432. The lowest BCUT2D eigenvalue weighted by Gasteiger charge is -2.11. The Labute approximate surface area is 110 Å². The fraction of sp³-hybridized carbons (Fsp3) is 0.583. The molecule has 0 aliphatic carbocycles. The van der Waals surface area contributed by atoms with Gasteiger partial charge in [-0.3, -0.25) is 4.79 Å². The van der Waals surface area contributed by atoms with Crippen LogP contribution in [0.4, 0.5) is 0 Å². The summed E-state index contributed by atoms with van der Waals surface area (Å²) in [7, 11) is 0. The van der Waals surface area contributed by atoms with Gasteiger partial charge in [-0.25, -0.2) is 9.78 Å². The second-order valence-corrected chi connectivity index (χ2v) is 4.47. The molecule has 0 bridgehead atoms. The normalized spacial score (nSPS) is 22.3. The molecule has 2 heterocycles. The molecule has 0 radical (unpaired) electrons. The van der Waals surface area contributed by atoms with E-state index in [4.69, 9.17) is 9.84 Å². The van der Waals surface area contributed by atoms with Crippen molar-refractivity contribution in [3.8, 4) is 0 Å². The number of aliphatic carboxylic acids is 1. The predicted octanol–water partition coefficient (Wildman–Crippen LogP) is 0.0216. The van der Waals surface area contributed by atoms with Crippen LogP contribution in [-0.2, 0) is 20.9 Å². The van der Waals surface area contributed by atoms with Gasteiger partial charge in [-0.05, 0) is 19.3 Å². The number of rotatable bonds is 6. The van der Waals surface area contributed by atoms with E-state index in [9.17, 15) is 9.59 Å². The summed E-state index contributed by atoms with van der Waals surface area (Å²) in [4.78, 5) is 26.3. The molecular weight excluding hydrogens is 250 g/mol. The van der Waals surface area contributed by atoms with Crippen molar-refractivity contribution in [3.05, 3.63) is 18.7 Å². The lowest BCUT2D eigenvalue weighted by atomic mass is 10.2. The number of ether oxygens (including phenoxy) is 1. The molecule has 104 valence electrons. The van der Waals surface area contributed by atoms with Crippen molar-refractivity contribution < 1.29 is 19.4 Å². The highest BCUT2D eigenvalue weighted by atomic mass is 16.5. The molecule has 1 aliphatic heterocycles. The van der Waals surface area contributed by atoms with Gasteiger partial charge in [0.2, 0.25) is 5.91 Å². The Balaban J connectivity index is 1.63. The molecule has 7 heteroatoms. The van der Waals surface area contributed by atoms with Crippen LogP contribution in [-0.4, -0.2) is 45.3 Å². The number of carboxylic acids is 1. The number of nitrogens with zero attached hydrogens (tertiary/aromatic N) is 2. The fourth-order valence-corrected chi connectivity index (χ4v) is 2.02. The minimum atomic E-state index is -1.00. The van der Waals surface area contributed by atoms with Gasteiger partial charge < -0.3 is 19.7 Å². The Morgan fingerprint density at radius 1 is 1.42 bits per heavy atom. The standard InChI is InChI=1S/C12H17N3O4/c16-11(9-2-3-10(19-9)12(17)18)14-4-1-6-15-7-5-13-8-15/h5,7-10H,1-4,6H2,(H,14,16)(H,17,18). The molecule has 1 aliphatic rings. The largest absolute Gasteiger partial charge is 0.479 e. The number of nitrogens with one attached hydrogen (secondary N) is 1. The highest BCUT2D eigenvalue weighted by molar-refractivity contribution is 5.82. The maximum Gasteiger partial charge on any atom is 0.332 e. The van der Waals surface area contributed by atoms with Crippen LogP contribution in [0.1, 0.15) is 19.3 Å². The number of carbonyl (C=O) groups is 2. The summed E-state index contributed by atoms with van der Waals surface area (Å²) in [6, 6.07) is 0. The number of amides is 1. The Morgan fingerprint density at radius 2 is 2.21 bits per heavy atom. The van der Waals surface area contributed by atoms with Crippen LogP contribution in [0.25, 0.3) is 0 Å². The average Bonchev–Trinajstić information content (AvgIpc) is 3.05. The summed E-state index contributed by atoms with van der Waals surface area (Å²) in [6.45, 7) is 1.32. The van der Waals surface area contributed by atoms with Gasteiger partial charge in [0.05, 0.1) is 6.33 Å². The summed E-state index contributed by atoms with van der Waals surface area (Å²) in [5, 5.41) is 11.5. The van der Waals surface area contributed by atoms with Crippen LogP contribution in [0.15, 0.2) is 18.7 Å². The molecule has 1 aromatic heterocycles. The van der Waals surface area contributed by atoms with Crippen LogP contribution in [0.2, 0.25) is 0 Å². The van der Waals surface area contributed by atoms with Gasteiger partial charge in [-0.2, -0.15) is 0 Å². The quantitative estimate of drug-likeness (QED) is 0.709. The Kier molecular flexibility index (Phi) is 4.51. The fourth-order valence-electron chi connectivity index (χ4n) is 2.02. The van der Waals surface area contributed by atoms with Crippen LogP contribution in [0.5, 0.6) is 0 Å². The Morgan fingerprint density at radius 3 is 2.84 bits per heavy atom. The SMILES string of the molecule is O=C(O)C1CCC(C(=O)NCCCn2ccnc2)O1. The Hall–Kier alpha value is -1.89. The minimum Gasteiger partial charge on any atom is -0.479 e. The van der Waals surface area contributed by atoms with Crippen molar-refractivity contribution in [2.45, 2.75) is 38.0 Å². The zero-order valence-corrected chi connectivity index (χ0v) is 10.5. The zero-order chi connectivity index (χ0) is 13.7. The van der Waals surface area contributed by atoms with E-state index < -0.39 is 18.2 Å². The minimum absolute atomic E-state index is 0.227. The van der Waals surface area contributed by atoms with Crippen LogP contribution >= 0.6 is 0 Å². The smallest absolute Gasteiger partial charge is 0.332 e. The van der Waals surface area contributed by atoms with E-state index in [2.05, 4.69) is 10.3 Å². The third-order valence-electron chi connectivity index (χ3n) is 3.04. The summed E-state index contributed by atoms with van der Waals surface area (Å²) in [6.07, 6.45) is 5.45. The van der Waals surface area contributed by atoms with Gasteiger partial charge in [0.25, 0.3) is 0 Å². The van der Waals surface area contributed by atoms with E-state index in [1.807, 2.05) is 10.8 Å². The van der Waals surface area contributed by atoms with Crippen LogP contribution in [0.3, 0.4) is 0 Å². The number of imidazole rings is 1. The molecule has 7 nitrogen and oxygen atoms in total. The summed E-state index contributed by atoms with van der Waals surface area (Å²) < 4.78 is 7.09. The van der Waals surface area contributed by atoms with E-state index in [1.54, 1.807) is 12.5 Å². The third-order valence-corrected chi connectivity index (χ3v) is 3.04. The molecule has 0 aromatic carbocycles. The van der Waals surface area contributed by atoms with Crippen molar-refractivity contribution in [3.63, 3.8) is 0 Å². The first-order chi connectivity index (χ1) is 9.16.